The molecule has 0 heterocycles. The molecule has 0 saturated carbocycles. The van der Waals surface area contributed by atoms with Gasteiger partial charge in [-0.15, -0.1) is 0 Å². The molecule has 0 bridgehead atoms. The summed E-state index contributed by atoms with van der Waals surface area (Å²) in [6.07, 6.45) is 0. The lowest BCUT2D eigenvalue weighted by Crippen LogP contribution is -2.52. The average Bonchev–Trinajstić information content (AvgIpc) is 2.86. The topological polar surface area (TPSA) is 86.8 Å². The van der Waals surface area contributed by atoms with Gasteiger partial charge in [0.2, 0.25) is 11.8 Å². The van der Waals surface area contributed by atoms with Crippen molar-refractivity contribution < 1.29 is 18.0 Å². The van der Waals surface area contributed by atoms with Gasteiger partial charge in [-0.25, -0.2) is 8.42 Å². The Labute approximate surface area is 241 Å². The number of carbonyl (C=O) groups excluding carboxylic acids is 2. The fraction of sp³-hybridized carbons (Fsp3) is 0.259. The molecule has 0 unspecified atom stereocenters. The Morgan fingerprint density at radius 1 is 0.921 bits per heavy atom. The Balaban J connectivity index is 2.03. The van der Waals surface area contributed by atoms with Crippen LogP contribution >= 0.6 is 39.1 Å². The molecule has 1 atom stereocenters. The molecule has 0 aliphatic heterocycles. The minimum Gasteiger partial charge on any atom is -0.352 e. The summed E-state index contributed by atoms with van der Waals surface area (Å²) >= 11 is 15.5. The molecule has 0 radical (unpaired) electrons. The summed E-state index contributed by atoms with van der Waals surface area (Å²) in [5.41, 5.74) is 0.990. The first-order chi connectivity index (χ1) is 17.9. The third-order valence-electron chi connectivity index (χ3n) is 5.64. The second-order valence-corrected chi connectivity index (χ2v) is 12.6. The molecule has 0 spiro atoms. The fourth-order valence-electron chi connectivity index (χ4n) is 3.67. The van der Waals surface area contributed by atoms with Crippen molar-refractivity contribution in [3.05, 3.63) is 92.9 Å². The fourth-order valence-corrected chi connectivity index (χ4v) is 5.65. The van der Waals surface area contributed by atoms with Crippen LogP contribution in [0, 0.1) is 0 Å². The van der Waals surface area contributed by atoms with Gasteiger partial charge in [0, 0.05) is 27.1 Å². The third-order valence-corrected chi connectivity index (χ3v) is 8.44. The molecule has 3 aromatic carbocycles. The summed E-state index contributed by atoms with van der Waals surface area (Å²) < 4.78 is 29.3. The van der Waals surface area contributed by atoms with Crippen molar-refractivity contribution in [2.75, 3.05) is 10.8 Å². The van der Waals surface area contributed by atoms with Gasteiger partial charge in [-0.05, 0) is 80.9 Å². The van der Waals surface area contributed by atoms with Crippen LogP contribution in [0.25, 0.3) is 0 Å². The Kier molecular flexibility index (Phi) is 10.2. The lowest BCUT2D eigenvalue weighted by molar-refractivity contribution is -0.139. The van der Waals surface area contributed by atoms with E-state index in [9.17, 15) is 18.0 Å². The van der Waals surface area contributed by atoms with Crippen LogP contribution in [0.3, 0.4) is 0 Å². The molecule has 3 rings (SSSR count). The van der Waals surface area contributed by atoms with Crippen molar-refractivity contribution in [2.45, 2.75) is 44.3 Å². The van der Waals surface area contributed by atoms with E-state index in [0.717, 1.165) is 14.3 Å². The van der Waals surface area contributed by atoms with Crippen LogP contribution in [0.15, 0.2) is 82.2 Å². The van der Waals surface area contributed by atoms with Gasteiger partial charge in [0.25, 0.3) is 10.0 Å². The number of nitrogens with one attached hydrogen (secondary N) is 1. The standard InChI is InChI=1S/C27H28BrCl2N3O4S/c1-18(2)31-27(35)19(3)32(16-20-7-9-21(28)10-8-20)26(34)17-33(24-6-4-5-23(30)15-24)38(36,37)25-13-11-22(29)12-14-25/h4-15,18-19H,16-17H2,1-3H3,(H,31,35)/t19-/m0/s1. The maximum atomic E-state index is 13.8. The van der Waals surface area contributed by atoms with Crippen molar-refractivity contribution in [2.24, 2.45) is 0 Å². The average molecular weight is 641 g/mol. The lowest BCUT2D eigenvalue weighted by Gasteiger charge is -2.32. The number of nitrogens with zero attached hydrogens (tertiary/aromatic N) is 2. The van der Waals surface area contributed by atoms with Crippen molar-refractivity contribution in [1.82, 2.24) is 10.2 Å². The van der Waals surface area contributed by atoms with E-state index in [1.54, 1.807) is 25.1 Å². The Bertz CT molecular complexity index is 1380. The minimum atomic E-state index is -4.20. The number of hydrogen-bond donors (Lipinski definition) is 1. The monoisotopic (exact) mass is 639 g/mol. The molecule has 202 valence electrons. The second kappa shape index (κ2) is 13.0. The number of anilines is 1. The number of sulfonamides is 1. The van der Waals surface area contributed by atoms with Crippen molar-refractivity contribution in [3.63, 3.8) is 0 Å². The van der Waals surface area contributed by atoms with Crippen LogP contribution in [0.1, 0.15) is 26.3 Å². The molecule has 0 fully saturated rings. The van der Waals surface area contributed by atoms with Crippen LogP contribution in [-0.4, -0.2) is 43.8 Å². The summed E-state index contributed by atoms with van der Waals surface area (Å²) in [7, 11) is -4.20. The molecule has 3 aromatic rings. The highest BCUT2D eigenvalue weighted by Crippen LogP contribution is 2.27. The molecule has 11 heteroatoms. The van der Waals surface area contributed by atoms with Crippen LogP contribution in [0.5, 0.6) is 0 Å². The molecule has 7 nitrogen and oxygen atoms in total. The van der Waals surface area contributed by atoms with Gasteiger partial charge < -0.3 is 10.2 Å². The highest BCUT2D eigenvalue weighted by molar-refractivity contribution is 9.10. The number of rotatable bonds is 10. The smallest absolute Gasteiger partial charge is 0.264 e. The largest absolute Gasteiger partial charge is 0.352 e. The van der Waals surface area contributed by atoms with Gasteiger partial charge in [0.15, 0.2) is 0 Å². The van der Waals surface area contributed by atoms with E-state index in [-0.39, 0.29) is 29.1 Å². The highest BCUT2D eigenvalue weighted by Gasteiger charge is 2.32. The maximum Gasteiger partial charge on any atom is 0.264 e. The second-order valence-electron chi connectivity index (χ2n) is 8.93. The number of amides is 2. The van der Waals surface area contributed by atoms with Gasteiger partial charge in [0.05, 0.1) is 10.6 Å². The first-order valence-corrected chi connectivity index (χ1v) is 14.8. The zero-order chi connectivity index (χ0) is 28.0. The summed E-state index contributed by atoms with van der Waals surface area (Å²) in [5, 5.41) is 3.51. The van der Waals surface area contributed by atoms with Gasteiger partial charge in [-0.1, -0.05) is 57.3 Å². The molecule has 2 amide bonds. The predicted octanol–water partition coefficient (Wildman–Crippen LogP) is 5.89. The van der Waals surface area contributed by atoms with Gasteiger partial charge in [-0.3, -0.25) is 13.9 Å². The quantitative estimate of drug-likeness (QED) is 0.299. The van der Waals surface area contributed by atoms with Crippen molar-refractivity contribution >= 4 is 66.7 Å². The highest BCUT2D eigenvalue weighted by atomic mass is 79.9. The van der Waals surface area contributed by atoms with Crippen LogP contribution < -0.4 is 9.62 Å². The van der Waals surface area contributed by atoms with Crippen LogP contribution in [-0.2, 0) is 26.2 Å². The van der Waals surface area contributed by atoms with E-state index in [0.29, 0.717) is 10.0 Å². The number of benzene rings is 3. The van der Waals surface area contributed by atoms with Crippen LogP contribution in [0.2, 0.25) is 10.0 Å². The molecule has 0 aliphatic rings. The predicted molar refractivity (Wildman–Crippen MR) is 155 cm³/mol. The first-order valence-electron chi connectivity index (χ1n) is 11.8. The molecule has 1 N–H and O–H groups in total. The number of carbonyl (C=O) groups is 2. The molecule has 0 aromatic heterocycles. The summed E-state index contributed by atoms with van der Waals surface area (Å²) in [5.74, 6) is -0.905. The Morgan fingerprint density at radius 3 is 2.13 bits per heavy atom. The van der Waals surface area contributed by atoms with Gasteiger partial charge in [-0.2, -0.15) is 0 Å². The molecular formula is C27H28BrCl2N3O4S. The van der Waals surface area contributed by atoms with Crippen molar-refractivity contribution in [3.8, 4) is 0 Å². The molecule has 0 aliphatic carbocycles. The summed E-state index contributed by atoms with van der Waals surface area (Å²) in [4.78, 5) is 28.1. The lowest BCUT2D eigenvalue weighted by atomic mass is 10.1. The zero-order valence-corrected chi connectivity index (χ0v) is 25.0. The molecule has 38 heavy (non-hydrogen) atoms. The summed E-state index contributed by atoms with van der Waals surface area (Å²) in [6, 6.07) is 18.2. The normalized spacial score (nSPS) is 12.2. The molecule has 0 saturated heterocycles. The van der Waals surface area contributed by atoms with E-state index in [2.05, 4.69) is 21.2 Å². The SMILES string of the molecule is CC(C)NC(=O)[C@H](C)N(Cc1ccc(Br)cc1)C(=O)CN(c1cccc(Cl)c1)S(=O)(=O)c1ccc(Cl)cc1. The number of hydrogen-bond acceptors (Lipinski definition) is 4. The van der Waals surface area contributed by atoms with E-state index < -0.39 is 28.5 Å². The number of halogens is 3. The minimum absolute atomic E-state index is 0.0419. The van der Waals surface area contributed by atoms with E-state index in [4.69, 9.17) is 23.2 Å². The zero-order valence-electron chi connectivity index (χ0n) is 21.1. The third kappa shape index (κ3) is 7.72. The van der Waals surface area contributed by atoms with Gasteiger partial charge >= 0.3 is 0 Å². The van der Waals surface area contributed by atoms with E-state index >= 15 is 0 Å². The molecular weight excluding hydrogens is 613 g/mol. The summed E-state index contributed by atoms with van der Waals surface area (Å²) in [6.45, 7) is 4.81. The van der Waals surface area contributed by atoms with Crippen molar-refractivity contribution in [1.29, 1.82) is 0 Å². The first kappa shape index (κ1) is 30.0. The van der Waals surface area contributed by atoms with E-state index in [1.807, 2.05) is 38.1 Å². The van der Waals surface area contributed by atoms with Crippen LogP contribution in [0.4, 0.5) is 5.69 Å². The maximum absolute atomic E-state index is 13.8. The Morgan fingerprint density at radius 2 is 1.55 bits per heavy atom. The van der Waals surface area contributed by atoms with E-state index in [1.165, 1.54) is 35.2 Å². The Hall–Kier alpha value is -2.59. The van der Waals surface area contributed by atoms with Gasteiger partial charge in [0.1, 0.15) is 12.6 Å².